The van der Waals surface area contributed by atoms with Crippen molar-refractivity contribution in [1.29, 1.82) is 0 Å². The minimum absolute atomic E-state index is 0.0600. The monoisotopic (exact) mass is 353 g/mol. The van der Waals surface area contributed by atoms with E-state index in [0.29, 0.717) is 11.5 Å². The highest BCUT2D eigenvalue weighted by atomic mass is 32.2. The first-order chi connectivity index (χ1) is 11.2. The molecule has 2 rings (SSSR count). The smallest absolute Gasteiger partial charge is 0.251 e. The van der Waals surface area contributed by atoms with Gasteiger partial charge in [0.2, 0.25) is 10.0 Å². The lowest BCUT2D eigenvalue weighted by atomic mass is 9.94. The van der Waals surface area contributed by atoms with Gasteiger partial charge in [0.25, 0.3) is 5.91 Å². The first-order valence-corrected chi connectivity index (χ1v) is 9.77. The van der Waals surface area contributed by atoms with E-state index >= 15 is 0 Å². The molecule has 7 heteroatoms. The fourth-order valence-electron chi connectivity index (χ4n) is 2.68. The second-order valence-corrected chi connectivity index (χ2v) is 8.69. The van der Waals surface area contributed by atoms with Crippen molar-refractivity contribution in [3.63, 3.8) is 0 Å². The summed E-state index contributed by atoms with van der Waals surface area (Å²) in [6.07, 6.45) is 1.01. The maximum absolute atomic E-state index is 12.6. The van der Waals surface area contributed by atoms with Crippen LogP contribution in [0.2, 0.25) is 0 Å². The molecule has 6 nitrogen and oxygen atoms in total. The van der Waals surface area contributed by atoms with E-state index in [-0.39, 0.29) is 22.9 Å². The number of benzene rings is 1. The molecule has 0 aromatic heterocycles. The normalized spacial score (nSPS) is 21.9. The Morgan fingerprint density at radius 2 is 2.08 bits per heavy atom. The molecule has 1 aromatic rings. The van der Waals surface area contributed by atoms with Gasteiger partial charge in [0.15, 0.2) is 0 Å². The highest BCUT2D eigenvalue weighted by Gasteiger charge is 2.26. The molecule has 24 heavy (non-hydrogen) atoms. The summed E-state index contributed by atoms with van der Waals surface area (Å²) in [5.74, 6) is 0.161. The van der Waals surface area contributed by atoms with Gasteiger partial charge in [-0.2, -0.15) is 4.31 Å². The van der Waals surface area contributed by atoms with Crippen molar-refractivity contribution in [2.24, 2.45) is 5.92 Å². The lowest BCUT2D eigenvalue weighted by Gasteiger charge is -2.30. The Bertz CT molecular complexity index is 688. The highest BCUT2D eigenvalue weighted by Crippen LogP contribution is 2.18. The van der Waals surface area contributed by atoms with E-state index in [2.05, 4.69) is 17.6 Å². The molecule has 2 unspecified atom stereocenters. The van der Waals surface area contributed by atoms with E-state index in [0.717, 1.165) is 19.5 Å². The van der Waals surface area contributed by atoms with E-state index in [1.165, 1.54) is 16.4 Å². The van der Waals surface area contributed by atoms with Gasteiger partial charge in [-0.05, 0) is 50.9 Å². The fraction of sp³-hybridized carbons (Fsp3) is 0.588. The molecule has 2 atom stereocenters. The lowest BCUT2D eigenvalue weighted by Crippen LogP contribution is -2.50. The molecule has 1 aromatic carbocycles. The zero-order valence-electron chi connectivity index (χ0n) is 14.7. The van der Waals surface area contributed by atoms with Gasteiger partial charge >= 0.3 is 0 Å². The van der Waals surface area contributed by atoms with E-state index in [4.69, 9.17) is 0 Å². The van der Waals surface area contributed by atoms with Gasteiger partial charge in [-0.1, -0.05) is 13.0 Å². The average molecular weight is 353 g/mol. The molecule has 1 amide bonds. The zero-order chi connectivity index (χ0) is 17.9. The minimum atomic E-state index is -3.60. The van der Waals surface area contributed by atoms with Crippen molar-refractivity contribution in [1.82, 2.24) is 14.9 Å². The summed E-state index contributed by atoms with van der Waals surface area (Å²) in [5, 5.41) is 6.27. The Kier molecular flexibility index (Phi) is 6.01. The topological polar surface area (TPSA) is 78.5 Å². The number of hydrogen-bond acceptors (Lipinski definition) is 4. The molecule has 0 radical (unpaired) electrons. The van der Waals surface area contributed by atoms with Crippen LogP contribution in [-0.4, -0.2) is 50.9 Å². The summed E-state index contributed by atoms with van der Waals surface area (Å²) in [5.41, 5.74) is 0.367. The van der Waals surface area contributed by atoms with Gasteiger partial charge in [-0.3, -0.25) is 4.79 Å². The van der Waals surface area contributed by atoms with Crippen LogP contribution in [0.3, 0.4) is 0 Å². The average Bonchev–Trinajstić information content (AvgIpc) is 2.56. The number of piperidine rings is 1. The van der Waals surface area contributed by atoms with E-state index in [1.807, 2.05) is 13.8 Å². The maximum Gasteiger partial charge on any atom is 0.251 e. The van der Waals surface area contributed by atoms with Gasteiger partial charge in [0.05, 0.1) is 4.90 Å². The van der Waals surface area contributed by atoms with Crippen LogP contribution in [0, 0.1) is 5.92 Å². The number of nitrogens with one attached hydrogen (secondary N) is 2. The number of rotatable bonds is 5. The van der Waals surface area contributed by atoms with Crippen LogP contribution in [-0.2, 0) is 10.0 Å². The number of nitrogens with zero attached hydrogens (tertiary/aromatic N) is 1. The number of amides is 1. The molecule has 0 aliphatic carbocycles. The van der Waals surface area contributed by atoms with Crippen LogP contribution in [0.4, 0.5) is 0 Å². The Balaban J connectivity index is 2.19. The second kappa shape index (κ2) is 7.63. The third-order valence-electron chi connectivity index (χ3n) is 4.64. The van der Waals surface area contributed by atoms with Crippen LogP contribution in [0.5, 0.6) is 0 Å². The molecule has 0 spiro atoms. The minimum Gasteiger partial charge on any atom is -0.348 e. The Hall–Kier alpha value is -1.44. The van der Waals surface area contributed by atoms with E-state index in [9.17, 15) is 13.2 Å². The van der Waals surface area contributed by atoms with Crippen LogP contribution in [0.15, 0.2) is 29.2 Å². The predicted octanol–water partition coefficient (Wildman–Crippen LogP) is 1.44. The lowest BCUT2D eigenvalue weighted by molar-refractivity contribution is 0.0915. The van der Waals surface area contributed by atoms with E-state index in [1.54, 1.807) is 19.2 Å². The third-order valence-corrected chi connectivity index (χ3v) is 6.67. The van der Waals surface area contributed by atoms with Crippen LogP contribution in [0.1, 0.15) is 37.6 Å². The first-order valence-electron chi connectivity index (χ1n) is 8.33. The molecular weight excluding hydrogens is 326 g/mol. The molecule has 0 saturated carbocycles. The second-order valence-electron chi connectivity index (χ2n) is 6.69. The first kappa shape index (κ1) is 18.9. The van der Waals surface area contributed by atoms with Crippen LogP contribution >= 0.6 is 0 Å². The Morgan fingerprint density at radius 1 is 1.38 bits per heavy atom. The third kappa shape index (κ3) is 4.15. The molecule has 1 heterocycles. The molecule has 1 aliphatic heterocycles. The van der Waals surface area contributed by atoms with Crippen LogP contribution in [0.25, 0.3) is 0 Å². The van der Waals surface area contributed by atoms with Gasteiger partial charge < -0.3 is 10.6 Å². The Labute approximate surface area is 144 Å². The standard InChI is InChI=1S/C17H27N3O3S/c1-12(2)20(4)24(22,23)15-7-5-6-14(10-15)17(21)19-16-11-18-9-8-13(16)3/h5-7,10,12-13,16,18H,8-9,11H2,1-4H3,(H,19,21). The summed E-state index contributed by atoms with van der Waals surface area (Å²) in [4.78, 5) is 12.6. The highest BCUT2D eigenvalue weighted by molar-refractivity contribution is 7.89. The number of hydrogen-bond donors (Lipinski definition) is 2. The van der Waals surface area contributed by atoms with Crippen molar-refractivity contribution >= 4 is 15.9 Å². The van der Waals surface area contributed by atoms with Crippen molar-refractivity contribution in [3.8, 4) is 0 Å². The molecule has 0 bridgehead atoms. The quantitative estimate of drug-likeness (QED) is 0.840. The van der Waals surface area contributed by atoms with Gasteiger partial charge in [0, 0.05) is 31.2 Å². The number of carbonyl (C=O) groups excluding carboxylic acids is 1. The van der Waals surface area contributed by atoms with Crippen molar-refractivity contribution in [2.45, 2.75) is 44.2 Å². The van der Waals surface area contributed by atoms with Crippen LogP contribution < -0.4 is 10.6 Å². The van der Waals surface area contributed by atoms with Crippen molar-refractivity contribution in [2.75, 3.05) is 20.1 Å². The number of sulfonamides is 1. The van der Waals surface area contributed by atoms with Gasteiger partial charge in [-0.15, -0.1) is 0 Å². The summed E-state index contributed by atoms with van der Waals surface area (Å²) in [6, 6.07) is 6.13. The molecule has 134 valence electrons. The summed E-state index contributed by atoms with van der Waals surface area (Å²) in [7, 11) is -2.05. The summed E-state index contributed by atoms with van der Waals surface area (Å²) in [6.45, 7) is 7.44. The Morgan fingerprint density at radius 3 is 2.71 bits per heavy atom. The zero-order valence-corrected chi connectivity index (χ0v) is 15.6. The maximum atomic E-state index is 12.6. The predicted molar refractivity (Wildman–Crippen MR) is 94.4 cm³/mol. The molecular formula is C17H27N3O3S. The molecule has 1 saturated heterocycles. The molecule has 1 fully saturated rings. The number of carbonyl (C=O) groups is 1. The van der Waals surface area contributed by atoms with Gasteiger partial charge in [0.1, 0.15) is 0 Å². The molecule has 1 aliphatic rings. The largest absolute Gasteiger partial charge is 0.348 e. The van der Waals surface area contributed by atoms with Crippen molar-refractivity contribution in [3.05, 3.63) is 29.8 Å². The summed E-state index contributed by atoms with van der Waals surface area (Å²) >= 11 is 0. The van der Waals surface area contributed by atoms with Crippen molar-refractivity contribution < 1.29 is 13.2 Å². The molecule has 2 N–H and O–H groups in total. The SMILES string of the molecule is CC1CCNCC1NC(=O)c1cccc(S(=O)(=O)N(C)C(C)C)c1. The summed E-state index contributed by atoms with van der Waals surface area (Å²) < 4.78 is 26.5. The fourth-order valence-corrected chi connectivity index (χ4v) is 4.09. The van der Waals surface area contributed by atoms with Gasteiger partial charge in [-0.25, -0.2) is 8.42 Å². The van der Waals surface area contributed by atoms with E-state index < -0.39 is 10.0 Å².